The molecule has 3 rings (SSSR count). The van der Waals surface area contributed by atoms with Gasteiger partial charge in [-0.15, -0.1) is 0 Å². The van der Waals surface area contributed by atoms with Crippen LogP contribution in [0.4, 0.5) is 0 Å². The largest absolute Gasteiger partial charge is 0.396 e. The molecule has 6 heteroatoms. The number of hydrogen-bond acceptors (Lipinski definition) is 4. The van der Waals surface area contributed by atoms with Gasteiger partial charge in [0.25, 0.3) is 0 Å². The number of aromatic nitrogens is 2. The zero-order chi connectivity index (χ0) is 18.4. The fraction of sp³-hybridized carbons (Fsp3) is 0.350. The minimum atomic E-state index is -0.646. The fourth-order valence-corrected chi connectivity index (χ4v) is 3.04. The number of rotatable bonds is 9. The highest BCUT2D eigenvalue weighted by atomic mass is 35.5. The average molecular weight is 375 g/mol. The molecule has 1 aromatic heterocycles. The summed E-state index contributed by atoms with van der Waals surface area (Å²) in [6.07, 6.45) is 0.670. The second-order valence-corrected chi connectivity index (χ2v) is 6.69. The van der Waals surface area contributed by atoms with Gasteiger partial charge in [0.1, 0.15) is 5.82 Å². The summed E-state index contributed by atoms with van der Waals surface area (Å²) in [4.78, 5) is 4.63. The van der Waals surface area contributed by atoms with E-state index in [1.165, 1.54) is 0 Å². The van der Waals surface area contributed by atoms with E-state index < -0.39 is 6.10 Å². The molecule has 0 aliphatic heterocycles. The quantitative estimate of drug-likeness (QED) is 0.603. The normalized spacial score (nSPS) is 12.6. The maximum absolute atomic E-state index is 10.4. The van der Waals surface area contributed by atoms with Crippen molar-refractivity contribution in [2.24, 2.45) is 0 Å². The summed E-state index contributed by atoms with van der Waals surface area (Å²) in [7, 11) is 0. The number of aryl methyl sites for hydroxylation is 1. The highest BCUT2D eigenvalue weighted by Crippen LogP contribution is 2.18. The van der Waals surface area contributed by atoms with Gasteiger partial charge in [-0.2, -0.15) is 0 Å². The van der Waals surface area contributed by atoms with Crippen molar-refractivity contribution in [3.05, 3.63) is 64.9 Å². The molecular formula is C20H23ClN2O3. The Morgan fingerprint density at radius 3 is 2.65 bits per heavy atom. The van der Waals surface area contributed by atoms with Crippen molar-refractivity contribution in [3.8, 4) is 0 Å². The predicted molar refractivity (Wildman–Crippen MR) is 102 cm³/mol. The Morgan fingerprint density at radius 2 is 1.88 bits per heavy atom. The first-order valence-electron chi connectivity index (χ1n) is 8.72. The van der Waals surface area contributed by atoms with Crippen LogP contribution in [0.5, 0.6) is 0 Å². The summed E-state index contributed by atoms with van der Waals surface area (Å²) in [5, 5.41) is 20.2. The Morgan fingerprint density at radius 1 is 1.12 bits per heavy atom. The minimum Gasteiger partial charge on any atom is -0.396 e. The molecule has 0 unspecified atom stereocenters. The molecule has 0 radical (unpaired) electrons. The van der Waals surface area contributed by atoms with E-state index in [1.807, 2.05) is 53.1 Å². The van der Waals surface area contributed by atoms with Gasteiger partial charge >= 0.3 is 0 Å². The maximum Gasteiger partial charge on any atom is 0.110 e. The van der Waals surface area contributed by atoms with Gasteiger partial charge in [-0.1, -0.05) is 35.9 Å². The molecular weight excluding hydrogens is 352 g/mol. The van der Waals surface area contributed by atoms with E-state index in [-0.39, 0.29) is 13.2 Å². The second kappa shape index (κ2) is 9.14. The number of aliphatic hydroxyl groups is 2. The van der Waals surface area contributed by atoms with Crippen molar-refractivity contribution < 1.29 is 14.9 Å². The van der Waals surface area contributed by atoms with Crippen molar-refractivity contribution >= 4 is 22.6 Å². The van der Waals surface area contributed by atoms with E-state index in [0.29, 0.717) is 31.0 Å². The Kier molecular flexibility index (Phi) is 6.63. The number of nitrogens with zero attached hydrogens (tertiary/aromatic N) is 2. The van der Waals surface area contributed by atoms with Gasteiger partial charge in [0.05, 0.1) is 36.9 Å². The van der Waals surface area contributed by atoms with Crippen LogP contribution >= 0.6 is 11.6 Å². The lowest BCUT2D eigenvalue weighted by Gasteiger charge is -2.15. The Hall–Kier alpha value is -1.92. The number of halogens is 1. The van der Waals surface area contributed by atoms with Crippen LogP contribution in [0, 0.1) is 0 Å². The van der Waals surface area contributed by atoms with Crippen LogP contribution in [-0.2, 0) is 24.3 Å². The third-order valence-electron chi connectivity index (χ3n) is 4.18. The smallest absolute Gasteiger partial charge is 0.110 e. The van der Waals surface area contributed by atoms with Crippen molar-refractivity contribution in [2.75, 3.05) is 13.2 Å². The lowest BCUT2D eigenvalue weighted by Crippen LogP contribution is -2.23. The standard InChI is InChI=1S/C20H23ClN2O3/c21-16-9-7-15(8-10-16)13-26-14-17(25)12-23-19-5-2-1-4-18(19)22-20(23)6-3-11-24/h1-2,4-5,7-10,17,24-25H,3,6,11-14H2/t17-/m1/s1. The number of aliphatic hydroxyl groups excluding tert-OH is 2. The second-order valence-electron chi connectivity index (χ2n) is 6.25. The summed E-state index contributed by atoms with van der Waals surface area (Å²) in [6.45, 7) is 1.18. The molecule has 2 N–H and O–H groups in total. The van der Waals surface area contributed by atoms with Crippen LogP contribution in [0.3, 0.4) is 0 Å². The Bertz CT molecular complexity index is 833. The monoisotopic (exact) mass is 374 g/mol. The van der Waals surface area contributed by atoms with Crippen LogP contribution in [-0.4, -0.2) is 39.1 Å². The molecule has 2 aromatic carbocycles. The van der Waals surface area contributed by atoms with Gasteiger partial charge in [0.2, 0.25) is 0 Å². The van der Waals surface area contributed by atoms with Crippen LogP contribution in [0.1, 0.15) is 17.8 Å². The SMILES string of the molecule is OCCCc1nc2ccccc2n1C[C@@H](O)COCc1ccc(Cl)cc1. The van der Waals surface area contributed by atoms with Crippen molar-refractivity contribution in [2.45, 2.75) is 32.1 Å². The van der Waals surface area contributed by atoms with E-state index in [2.05, 4.69) is 4.98 Å². The van der Waals surface area contributed by atoms with Gasteiger partial charge in [-0.25, -0.2) is 4.98 Å². The van der Waals surface area contributed by atoms with Gasteiger partial charge < -0.3 is 19.5 Å². The lowest BCUT2D eigenvalue weighted by molar-refractivity contribution is 0.0205. The molecule has 138 valence electrons. The zero-order valence-corrected chi connectivity index (χ0v) is 15.3. The molecule has 0 spiro atoms. The van der Waals surface area contributed by atoms with Crippen molar-refractivity contribution in [1.29, 1.82) is 0 Å². The first kappa shape index (κ1) is 18.9. The molecule has 1 atom stereocenters. The van der Waals surface area contributed by atoms with Crippen LogP contribution < -0.4 is 0 Å². The van der Waals surface area contributed by atoms with E-state index in [0.717, 1.165) is 22.4 Å². The lowest BCUT2D eigenvalue weighted by atomic mass is 10.2. The van der Waals surface area contributed by atoms with E-state index in [1.54, 1.807) is 0 Å². The van der Waals surface area contributed by atoms with Crippen molar-refractivity contribution in [1.82, 2.24) is 9.55 Å². The van der Waals surface area contributed by atoms with Crippen LogP contribution in [0.15, 0.2) is 48.5 Å². The predicted octanol–water partition coefficient (Wildman–Crippen LogP) is 3.19. The molecule has 0 aliphatic rings. The first-order chi connectivity index (χ1) is 12.7. The topological polar surface area (TPSA) is 67.5 Å². The number of para-hydroxylation sites is 2. The van der Waals surface area contributed by atoms with Gasteiger partial charge in [0.15, 0.2) is 0 Å². The molecule has 0 saturated heterocycles. The molecule has 3 aromatic rings. The molecule has 5 nitrogen and oxygen atoms in total. The van der Waals surface area contributed by atoms with Gasteiger partial charge in [-0.05, 0) is 36.2 Å². The van der Waals surface area contributed by atoms with E-state index in [4.69, 9.17) is 21.4 Å². The minimum absolute atomic E-state index is 0.121. The van der Waals surface area contributed by atoms with Gasteiger partial charge in [0, 0.05) is 18.1 Å². The number of fused-ring (bicyclic) bond motifs is 1. The molecule has 0 bridgehead atoms. The summed E-state index contributed by atoms with van der Waals surface area (Å²) < 4.78 is 7.65. The number of ether oxygens (including phenoxy) is 1. The number of benzene rings is 2. The molecule has 0 amide bonds. The molecule has 0 fully saturated rings. The molecule has 1 heterocycles. The molecule has 26 heavy (non-hydrogen) atoms. The third-order valence-corrected chi connectivity index (χ3v) is 4.43. The van der Waals surface area contributed by atoms with Gasteiger partial charge in [-0.3, -0.25) is 0 Å². The maximum atomic E-state index is 10.4. The van der Waals surface area contributed by atoms with E-state index in [9.17, 15) is 5.11 Å². The summed E-state index contributed by atoms with van der Waals surface area (Å²) in [6, 6.07) is 15.3. The number of hydrogen-bond donors (Lipinski definition) is 2. The summed E-state index contributed by atoms with van der Waals surface area (Å²) >= 11 is 5.87. The first-order valence-corrected chi connectivity index (χ1v) is 9.10. The summed E-state index contributed by atoms with van der Waals surface area (Å²) in [5.41, 5.74) is 2.89. The highest BCUT2D eigenvalue weighted by molar-refractivity contribution is 6.30. The van der Waals surface area contributed by atoms with Crippen molar-refractivity contribution in [3.63, 3.8) is 0 Å². The zero-order valence-electron chi connectivity index (χ0n) is 14.5. The molecule has 0 saturated carbocycles. The average Bonchev–Trinajstić information content (AvgIpc) is 2.99. The molecule has 0 aliphatic carbocycles. The Labute approximate surface area is 157 Å². The Balaban J connectivity index is 1.62. The van der Waals surface area contributed by atoms with Crippen LogP contribution in [0.2, 0.25) is 5.02 Å². The number of imidazole rings is 1. The fourth-order valence-electron chi connectivity index (χ4n) is 2.91. The highest BCUT2D eigenvalue weighted by Gasteiger charge is 2.14. The summed E-state index contributed by atoms with van der Waals surface area (Å²) in [5.74, 6) is 0.872. The van der Waals surface area contributed by atoms with Crippen LogP contribution in [0.25, 0.3) is 11.0 Å². The third kappa shape index (κ3) is 4.83. The van der Waals surface area contributed by atoms with E-state index >= 15 is 0 Å².